The lowest BCUT2D eigenvalue weighted by molar-refractivity contribution is 0.438. The predicted molar refractivity (Wildman–Crippen MR) is 73.2 cm³/mol. The van der Waals surface area contributed by atoms with E-state index in [0.29, 0.717) is 11.8 Å². The molecule has 0 saturated heterocycles. The first-order chi connectivity index (χ1) is 8.09. The summed E-state index contributed by atoms with van der Waals surface area (Å²) in [4.78, 5) is 4.60. The average molecular weight is 231 g/mol. The van der Waals surface area contributed by atoms with Crippen LogP contribution in [0, 0.1) is 11.8 Å². The highest BCUT2D eigenvalue weighted by Gasteiger charge is 2.10. The van der Waals surface area contributed by atoms with Crippen molar-refractivity contribution in [3.05, 3.63) is 24.3 Å². The molecule has 3 nitrogen and oxygen atoms in total. The molecule has 0 aliphatic heterocycles. The molecule has 0 saturated carbocycles. The van der Waals surface area contributed by atoms with Crippen molar-refractivity contribution < 1.29 is 0 Å². The number of para-hydroxylation sites is 2. The van der Waals surface area contributed by atoms with E-state index in [2.05, 4.69) is 48.8 Å². The van der Waals surface area contributed by atoms with Crippen LogP contribution >= 0.6 is 0 Å². The number of imidazole rings is 1. The van der Waals surface area contributed by atoms with E-state index in [1.54, 1.807) is 0 Å². The number of aryl methyl sites for hydroxylation is 1. The Hall–Kier alpha value is -1.51. The molecule has 1 aromatic carbocycles. The molecule has 0 amide bonds. The zero-order chi connectivity index (χ0) is 12.4. The summed E-state index contributed by atoms with van der Waals surface area (Å²) in [5.41, 5.74) is 2.22. The number of fused-ring (bicyclic) bond motifs is 1. The number of hydrogen-bond donors (Lipinski definition) is 1. The van der Waals surface area contributed by atoms with Gasteiger partial charge < -0.3 is 9.88 Å². The Kier molecular flexibility index (Phi) is 3.36. The molecule has 1 unspecified atom stereocenters. The normalized spacial score (nSPS) is 13.2. The van der Waals surface area contributed by atoms with Gasteiger partial charge in [-0.05, 0) is 24.0 Å². The lowest BCUT2D eigenvalue weighted by Gasteiger charge is -2.16. The molecule has 17 heavy (non-hydrogen) atoms. The molecule has 2 aromatic rings. The predicted octanol–water partition coefficient (Wildman–Crippen LogP) is 3.28. The SMILES string of the molecule is CC(C)C(C)CNc1nc2ccccc2n1C. The maximum Gasteiger partial charge on any atom is 0.203 e. The van der Waals surface area contributed by atoms with Gasteiger partial charge in [0.15, 0.2) is 0 Å². The highest BCUT2D eigenvalue weighted by molar-refractivity contribution is 5.78. The summed E-state index contributed by atoms with van der Waals surface area (Å²) >= 11 is 0. The number of aromatic nitrogens is 2. The van der Waals surface area contributed by atoms with Gasteiger partial charge in [-0.2, -0.15) is 0 Å². The Morgan fingerprint density at radius 1 is 1.24 bits per heavy atom. The first kappa shape index (κ1) is 12.0. The summed E-state index contributed by atoms with van der Waals surface area (Å²) in [6, 6.07) is 8.21. The van der Waals surface area contributed by atoms with Crippen LogP contribution in [0.3, 0.4) is 0 Å². The van der Waals surface area contributed by atoms with E-state index in [-0.39, 0.29) is 0 Å². The minimum Gasteiger partial charge on any atom is -0.355 e. The third-order valence-electron chi connectivity index (χ3n) is 3.51. The van der Waals surface area contributed by atoms with Crippen molar-refractivity contribution in [2.24, 2.45) is 18.9 Å². The first-order valence-electron chi connectivity index (χ1n) is 6.25. The molecule has 1 aromatic heterocycles. The molecule has 0 fully saturated rings. The fourth-order valence-electron chi connectivity index (χ4n) is 1.79. The van der Waals surface area contributed by atoms with Crippen LogP contribution in [-0.4, -0.2) is 16.1 Å². The molecule has 1 atom stereocenters. The van der Waals surface area contributed by atoms with Crippen molar-refractivity contribution in [1.29, 1.82) is 0 Å². The number of nitrogens with zero attached hydrogens (tertiary/aromatic N) is 2. The molecule has 0 bridgehead atoms. The van der Waals surface area contributed by atoms with E-state index >= 15 is 0 Å². The quantitative estimate of drug-likeness (QED) is 0.875. The maximum absolute atomic E-state index is 4.60. The van der Waals surface area contributed by atoms with E-state index in [1.165, 1.54) is 5.52 Å². The van der Waals surface area contributed by atoms with Gasteiger partial charge in [-0.15, -0.1) is 0 Å². The van der Waals surface area contributed by atoms with Gasteiger partial charge in [0.1, 0.15) is 0 Å². The molecule has 0 radical (unpaired) electrons. The fourth-order valence-corrected chi connectivity index (χ4v) is 1.79. The van der Waals surface area contributed by atoms with Crippen LogP contribution in [-0.2, 0) is 7.05 Å². The maximum atomic E-state index is 4.60. The van der Waals surface area contributed by atoms with Crippen LogP contribution in [0.5, 0.6) is 0 Å². The van der Waals surface area contributed by atoms with E-state index in [1.807, 2.05) is 18.2 Å². The number of rotatable bonds is 4. The van der Waals surface area contributed by atoms with Crippen LogP contribution in [0.15, 0.2) is 24.3 Å². The Bertz CT molecular complexity index is 499. The first-order valence-corrected chi connectivity index (χ1v) is 6.25. The molecule has 2 rings (SSSR count). The van der Waals surface area contributed by atoms with Crippen LogP contribution in [0.25, 0.3) is 11.0 Å². The summed E-state index contributed by atoms with van der Waals surface area (Å²) in [5, 5.41) is 3.44. The molecule has 0 aliphatic rings. The Morgan fingerprint density at radius 3 is 2.59 bits per heavy atom. The van der Waals surface area contributed by atoms with Crippen LogP contribution < -0.4 is 5.32 Å². The van der Waals surface area contributed by atoms with Crippen molar-refractivity contribution in [1.82, 2.24) is 9.55 Å². The van der Waals surface area contributed by atoms with Gasteiger partial charge in [0.05, 0.1) is 11.0 Å². The van der Waals surface area contributed by atoms with Gasteiger partial charge in [-0.3, -0.25) is 0 Å². The van der Waals surface area contributed by atoms with Crippen LogP contribution in [0.1, 0.15) is 20.8 Å². The van der Waals surface area contributed by atoms with Gasteiger partial charge in [0, 0.05) is 13.6 Å². The second-order valence-corrected chi connectivity index (χ2v) is 5.09. The second-order valence-electron chi connectivity index (χ2n) is 5.09. The van der Waals surface area contributed by atoms with Gasteiger partial charge >= 0.3 is 0 Å². The largest absolute Gasteiger partial charge is 0.355 e. The third-order valence-corrected chi connectivity index (χ3v) is 3.51. The third kappa shape index (κ3) is 2.43. The summed E-state index contributed by atoms with van der Waals surface area (Å²) in [6.45, 7) is 7.73. The van der Waals surface area contributed by atoms with Crippen molar-refractivity contribution >= 4 is 17.0 Å². The van der Waals surface area contributed by atoms with Crippen molar-refractivity contribution in [3.8, 4) is 0 Å². The highest BCUT2D eigenvalue weighted by Crippen LogP contribution is 2.18. The lowest BCUT2D eigenvalue weighted by Crippen LogP contribution is -2.18. The van der Waals surface area contributed by atoms with Crippen LogP contribution in [0.2, 0.25) is 0 Å². The van der Waals surface area contributed by atoms with Crippen molar-refractivity contribution in [2.75, 3.05) is 11.9 Å². The molecular weight excluding hydrogens is 210 g/mol. The Labute approximate surface area is 103 Å². The Morgan fingerprint density at radius 2 is 1.94 bits per heavy atom. The molecular formula is C14H21N3. The average Bonchev–Trinajstić information content (AvgIpc) is 2.64. The monoisotopic (exact) mass is 231 g/mol. The van der Waals surface area contributed by atoms with Gasteiger partial charge in [0.25, 0.3) is 0 Å². The van der Waals surface area contributed by atoms with Crippen LogP contribution in [0.4, 0.5) is 5.95 Å². The van der Waals surface area contributed by atoms with Gasteiger partial charge in [-0.1, -0.05) is 32.9 Å². The second kappa shape index (κ2) is 4.78. The minimum absolute atomic E-state index is 0.648. The van der Waals surface area contributed by atoms with Gasteiger partial charge in [0.2, 0.25) is 5.95 Å². The standard InChI is InChI=1S/C14H21N3/c1-10(2)11(3)9-15-14-16-12-7-5-6-8-13(12)17(14)4/h5-8,10-11H,9H2,1-4H3,(H,15,16). The zero-order valence-corrected chi connectivity index (χ0v) is 11.1. The summed E-state index contributed by atoms with van der Waals surface area (Å²) in [7, 11) is 2.05. The van der Waals surface area contributed by atoms with Crippen molar-refractivity contribution in [2.45, 2.75) is 20.8 Å². The smallest absolute Gasteiger partial charge is 0.203 e. The number of nitrogens with one attached hydrogen (secondary N) is 1. The summed E-state index contributed by atoms with van der Waals surface area (Å²) in [6.07, 6.45) is 0. The van der Waals surface area contributed by atoms with E-state index in [4.69, 9.17) is 0 Å². The Balaban J connectivity index is 2.16. The van der Waals surface area contributed by atoms with E-state index in [9.17, 15) is 0 Å². The highest BCUT2D eigenvalue weighted by atomic mass is 15.2. The van der Waals surface area contributed by atoms with Crippen molar-refractivity contribution in [3.63, 3.8) is 0 Å². The lowest BCUT2D eigenvalue weighted by atomic mass is 9.98. The fraction of sp³-hybridized carbons (Fsp3) is 0.500. The molecule has 1 heterocycles. The molecule has 1 N–H and O–H groups in total. The van der Waals surface area contributed by atoms with Gasteiger partial charge in [-0.25, -0.2) is 4.98 Å². The molecule has 0 spiro atoms. The molecule has 92 valence electrons. The van der Waals surface area contributed by atoms with E-state index < -0.39 is 0 Å². The summed E-state index contributed by atoms with van der Waals surface area (Å²) in [5.74, 6) is 2.30. The topological polar surface area (TPSA) is 29.9 Å². The van der Waals surface area contributed by atoms with E-state index in [0.717, 1.165) is 18.0 Å². The summed E-state index contributed by atoms with van der Waals surface area (Å²) < 4.78 is 2.11. The number of anilines is 1. The minimum atomic E-state index is 0.648. The molecule has 3 heteroatoms. The molecule has 0 aliphatic carbocycles. The number of benzene rings is 1. The zero-order valence-electron chi connectivity index (χ0n) is 11.1. The number of hydrogen-bond acceptors (Lipinski definition) is 2.